The number of anilines is 1. The SMILES string of the molecule is CCNC(=S)Nc1cc(C)n(Cc2ccc(Cl)cc2Cl)n1. The zero-order chi connectivity index (χ0) is 15.4. The van der Waals surface area contributed by atoms with Crippen LogP contribution in [0.25, 0.3) is 0 Å². The number of hydrogen-bond acceptors (Lipinski definition) is 2. The minimum atomic E-state index is 0.562. The maximum Gasteiger partial charge on any atom is 0.171 e. The molecule has 0 saturated heterocycles. The molecule has 0 spiro atoms. The highest BCUT2D eigenvalue weighted by Crippen LogP contribution is 2.22. The molecule has 2 N–H and O–H groups in total. The van der Waals surface area contributed by atoms with Crippen LogP contribution in [0.3, 0.4) is 0 Å². The van der Waals surface area contributed by atoms with Gasteiger partial charge in [0.1, 0.15) is 0 Å². The maximum atomic E-state index is 6.19. The second kappa shape index (κ2) is 7.11. The molecule has 112 valence electrons. The van der Waals surface area contributed by atoms with Gasteiger partial charge in [-0.3, -0.25) is 4.68 Å². The molecule has 1 heterocycles. The lowest BCUT2D eigenvalue weighted by molar-refractivity contribution is 0.668. The van der Waals surface area contributed by atoms with Gasteiger partial charge in [-0.25, -0.2) is 0 Å². The number of aryl methyl sites for hydroxylation is 1. The predicted octanol–water partition coefficient (Wildman–Crippen LogP) is 3.85. The lowest BCUT2D eigenvalue weighted by atomic mass is 10.2. The maximum absolute atomic E-state index is 6.19. The number of hydrogen-bond donors (Lipinski definition) is 2. The Morgan fingerprint density at radius 3 is 2.76 bits per heavy atom. The Morgan fingerprint density at radius 1 is 1.33 bits per heavy atom. The van der Waals surface area contributed by atoms with Crippen molar-refractivity contribution in [1.29, 1.82) is 0 Å². The second-order valence-electron chi connectivity index (χ2n) is 4.55. The van der Waals surface area contributed by atoms with Gasteiger partial charge in [0, 0.05) is 28.4 Å². The van der Waals surface area contributed by atoms with Crippen LogP contribution in [0.1, 0.15) is 18.2 Å². The number of nitrogens with one attached hydrogen (secondary N) is 2. The first-order valence-corrected chi connectivity index (χ1v) is 7.69. The molecule has 0 aliphatic carbocycles. The Hall–Kier alpha value is -1.30. The van der Waals surface area contributed by atoms with Gasteiger partial charge in [0.05, 0.1) is 6.54 Å². The quantitative estimate of drug-likeness (QED) is 0.828. The smallest absolute Gasteiger partial charge is 0.171 e. The van der Waals surface area contributed by atoms with E-state index in [9.17, 15) is 0 Å². The van der Waals surface area contributed by atoms with Crippen LogP contribution in [0.4, 0.5) is 5.82 Å². The Bertz CT molecular complexity index is 654. The summed E-state index contributed by atoms with van der Waals surface area (Å²) in [4.78, 5) is 0. The fourth-order valence-electron chi connectivity index (χ4n) is 1.86. The Balaban J connectivity index is 2.14. The van der Waals surface area contributed by atoms with Crippen molar-refractivity contribution >= 4 is 46.4 Å². The molecule has 0 unspecified atom stereocenters. The largest absolute Gasteiger partial charge is 0.363 e. The summed E-state index contributed by atoms with van der Waals surface area (Å²) in [6.45, 7) is 5.32. The molecule has 0 aliphatic rings. The molecular formula is C14H16Cl2N4S. The van der Waals surface area contributed by atoms with Crippen LogP contribution in [-0.2, 0) is 6.54 Å². The van der Waals surface area contributed by atoms with E-state index in [0.717, 1.165) is 17.8 Å². The highest BCUT2D eigenvalue weighted by Gasteiger charge is 2.08. The average Bonchev–Trinajstić information content (AvgIpc) is 2.73. The zero-order valence-electron chi connectivity index (χ0n) is 11.8. The van der Waals surface area contributed by atoms with Gasteiger partial charge in [0.15, 0.2) is 10.9 Å². The van der Waals surface area contributed by atoms with Crippen molar-refractivity contribution < 1.29 is 0 Å². The molecule has 0 radical (unpaired) electrons. The van der Waals surface area contributed by atoms with Crippen molar-refractivity contribution in [1.82, 2.24) is 15.1 Å². The number of benzene rings is 1. The lowest BCUT2D eigenvalue weighted by Crippen LogP contribution is -2.28. The summed E-state index contributed by atoms with van der Waals surface area (Å²) >= 11 is 17.2. The van der Waals surface area contributed by atoms with E-state index >= 15 is 0 Å². The Morgan fingerprint density at radius 2 is 2.10 bits per heavy atom. The lowest BCUT2D eigenvalue weighted by Gasteiger charge is -2.07. The van der Waals surface area contributed by atoms with Crippen molar-refractivity contribution in [3.05, 3.63) is 45.6 Å². The van der Waals surface area contributed by atoms with Gasteiger partial charge >= 0.3 is 0 Å². The van der Waals surface area contributed by atoms with Gasteiger partial charge < -0.3 is 10.6 Å². The summed E-state index contributed by atoms with van der Waals surface area (Å²) in [6, 6.07) is 7.40. The van der Waals surface area contributed by atoms with Crippen LogP contribution in [0.5, 0.6) is 0 Å². The van der Waals surface area contributed by atoms with Gasteiger partial charge in [0.25, 0.3) is 0 Å². The fourth-order valence-corrected chi connectivity index (χ4v) is 2.58. The third-order valence-corrected chi connectivity index (χ3v) is 3.73. The van der Waals surface area contributed by atoms with Crippen LogP contribution in [0.15, 0.2) is 24.3 Å². The molecule has 4 nitrogen and oxygen atoms in total. The van der Waals surface area contributed by atoms with Crippen molar-refractivity contribution in [3.63, 3.8) is 0 Å². The van der Waals surface area contributed by atoms with Crippen LogP contribution >= 0.6 is 35.4 Å². The number of halogens is 2. The minimum Gasteiger partial charge on any atom is -0.363 e. The van der Waals surface area contributed by atoms with Gasteiger partial charge in [-0.1, -0.05) is 29.3 Å². The molecule has 0 bridgehead atoms. The molecule has 0 saturated carbocycles. The molecule has 2 rings (SSSR count). The monoisotopic (exact) mass is 342 g/mol. The normalized spacial score (nSPS) is 10.5. The molecule has 0 amide bonds. The van der Waals surface area contributed by atoms with E-state index in [1.54, 1.807) is 6.07 Å². The van der Waals surface area contributed by atoms with E-state index in [4.69, 9.17) is 35.4 Å². The van der Waals surface area contributed by atoms with E-state index in [1.165, 1.54) is 0 Å². The Kier molecular flexibility index (Phi) is 5.45. The number of rotatable bonds is 4. The molecule has 7 heteroatoms. The summed E-state index contributed by atoms with van der Waals surface area (Å²) in [7, 11) is 0. The molecular weight excluding hydrogens is 327 g/mol. The average molecular weight is 343 g/mol. The second-order valence-corrected chi connectivity index (χ2v) is 5.80. The first-order chi connectivity index (χ1) is 9.99. The van der Waals surface area contributed by atoms with E-state index < -0.39 is 0 Å². The zero-order valence-corrected chi connectivity index (χ0v) is 14.1. The first kappa shape index (κ1) is 16.1. The van der Waals surface area contributed by atoms with Crippen molar-refractivity contribution in [2.45, 2.75) is 20.4 Å². The molecule has 2 aromatic rings. The molecule has 1 aromatic carbocycles. The fraction of sp³-hybridized carbons (Fsp3) is 0.286. The van der Waals surface area contributed by atoms with Crippen LogP contribution < -0.4 is 10.6 Å². The van der Waals surface area contributed by atoms with E-state index in [1.807, 2.05) is 36.7 Å². The van der Waals surface area contributed by atoms with E-state index in [2.05, 4.69) is 15.7 Å². The predicted molar refractivity (Wildman–Crippen MR) is 92.4 cm³/mol. The summed E-state index contributed by atoms with van der Waals surface area (Å²) in [5.41, 5.74) is 1.98. The van der Waals surface area contributed by atoms with E-state index in [-0.39, 0.29) is 0 Å². The number of thiocarbonyl (C=S) groups is 1. The van der Waals surface area contributed by atoms with Crippen LogP contribution in [0, 0.1) is 6.92 Å². The summed E-state index contributed by atoms with van der Waals surface area (Å²) in [6.07, 6.45) is 0. The summed E-state index contributed by atoms with van der Waals surface area (Å²) in [5.74, 6) is 0.712. The first-order valence-electron chi connectivity index (χ1n) is 6.53. The van der Waals surface area contributed by atoms with Crippen molar-refractivity contribution in [2.24, 2.45) is 0 Å². The van der Waals surface area contributed by atoms with Crippen LogP contribution in [-0.4, -0.2) is 21.4 Å². The molecule has 1 aromatic heterocycles. The summed E-state index contributed by atoms with van der Waals surface area (Å²) in [5, 5.41) is 12.4. The van der Waals surface area contributed by atoms with Gasteiger partial charge in [0.2, 0.25) is 0 Å². The van der Waals surface area contributed by atoms with Crippen molar-refractivity contribution in [2.75, 3.05) is 11.9 Å². The highest BCUT2D eigenvalue weighted by atomic mass is 35.5. The number of aromatic nitrogens is 2. The third-order valence-electron chi connectivity index (χ3n) is 2.90. The Labute approximate surface area is 139 Å². The third kappa shape index (κ3) is 4.33. The molecule has 0 aliphatic heterocycles. The summed E-state index contributed by atoms with van der Waals surface area (Å²) < 4.78 is 1.87. The standard InChI is InChI=1S/C14H16Cl2N4S/c1-3-17-14(21)18-13-6-9(2)20(19-13)8-10-4-5-11(15)7-12(10)16/h4-7H,3,8H2,1-2H3,(H2,17,18,19,21). The number of nitrogens with zero attached hydrogens (tertiary/aromatic N) is 2. The minimum absolute atomic E-state index is 0.562. The van der Waals surface area contributed by atoms with Gasteiger partial charge in [-0.15, -0.1) is 0 Å². The van der Waals surface area contributed by atoms with Gasteiger partial charge in [-0.2, -0.15) is 5.10 Å². The molecule has 0 fully saturated rings. The van der Waals surface area contributed by atoms with Crippen molar-refractivity contribution in [3.8, 4) is 0 Å². The topological polar surface area (TPSA) is 41.9 Å². The molecule has 21 heavy (non-hydrogen) atoms. The molecule has 0 atom stereocenters. The van der Waals surface area contributed by atoms with Gasteiger partial charge in [-0.05, 0) is 43.8 Å². The van der Waals surface area contributed by atoms with E-state index in [0.29, 0.717) is 27.5 Å². The highest BCUT2D eigenvalue weighted by molar-refractivity contribution is 7.80. The van der Waals surface area contributed by atoms with Crippen LogP contribution in [0.2, 0.25) is 10.0 Å².